The van der Waals surface area contributed by atoms with E-state index in [0.29, 0.717) is 0 Å². The van der Waals surface area contributed by atoms with Crippen LogP contribution >= 0.6 is 0 Å². The van der Waals surface area contributed by atoms with Gasteiger partial charge in [-0.1, -0.05) is 0 Å². The van der Waals surface area contributed by atoms with Crippen LogP contribution in [-0.2, 0) is 19.9 Å². The summed E-state index contributed by atoms with van der Waals surface area (Å²) in [5, 5.41) is 11.8. The van der Waals surface area contributed by atoms with Crippen molar-refractivity contribution in [3.8, 4) is 0 Å². The van der Waals surface area contributed by atoms with E-state index in [9.17, 15) is 0 Å². The third-order valence-electron chi connectivity index (χ3n) is 2.57. The molecule has 70 valence electrons. The Morgan fingerprint density at radius 1 is 1.46 bits per heavy atom. The van der Waals surface area contributed by atoms with Crippen LogP contribution in [0.5, 0.6) is 0 Å². The highest BCUT2D eigenvalue weighted by Crippen LogP contribution is 2.22. The number of amidine groups is 1. The van der Waals surface area contributed by atoms with Gasteiger partial charge in [0.15, 0.2) is 0 Å². The smallest absolute Gasteiger partial charge is 0.141 e. The second-order valence-corrected chi connectivity index (χ2v) is 3.52. The van der Waals surface area contributed by atoms with Crippen LogP contribution < -0.4 is 5.73 Å². The van der Waals surface area contributed by atoms with E-state index in [4.69, 9.17) is 11.1 Å². The molecule has 1 aliphatic carbocycles. The summed E-state index contributed by atoms with van der Waals surface area (Å²) in [7, 11) is 1.86. The van der Waals surface area contributed by atoms with E-state index in [1.165, 1.54) is 18.4 Å². The number of nitrogen functional groups attached to an aromatic ring is 1. The molecular weight excluding hydrogens is 164 g/mol. The summed E-state index contributed by atoms with van der Waals surface area (Å²) in [6, 6.07) is 0. The fraction of sp³-hybridized carbons (Fsp3) is 0.556. The molecule has 3 N–H and O–H groups in total. The average Bonchev–Trinajstić information content (AvgIpc) is 2.39. The molecule has 0 aromatic carbocycles. The van der Waals surface area contributed by atoms with E-state index in [2.05, 4.69) is 5.10 Å². The van der Waals surface area contributed by atoms with E-state index < -0.39 is 0 Å². The summed E-state index contributed by atoms with van der Waals surface area (Å²) < 4.78 is 1.73. The minimum Gasteiger partial charge on any atom is -0.382 e. The Hall–Kier alpha value is -1.32. The summed E-state index contributed by atoms with van der Waals surface area (Å²) in [6.07, 6.45) is 4.47. The van der Waals surface area contributed by atoms with Crippen LogP contribution in [0, 0.1) is 5.41 Å². The molecule has 0 spiro atoms. The van der Waals surface area contributed by atoms with Gasteiger partial charge in [-0.15, -0.1) is 0 Å². The molecule has 1 aromatic heterocycles. The normalized spacial score (nSPS) is 15.5. The number of nitrogens with one attached hydrogen (secondary N) is 1. The number of rotatable bonds is 1. The van der Waals surface area contributed by atoms with Crippen molar-refractivity contribution in [2.24, 2.45) is 12.8 Å². The molecule has 0 aliphatic heterocycles. The monoisotopic (exact) mass is 178 g/mol. The zero-order valence-corrected chi connectivity index (χ0v) is 7.80. The molecule has 0 bridgehead atoms. The number of nitrogens with zero attached hydrogens (tertiary/aromatic N) is 2. The van der Waals surface area contributed by atoms with Crippen LogP contribution in [0.1, 0.15) is 29.8 Å². The van der Waals surface area contributed by atoms with Crippen LogP contribution in [0.3, 0.4) is 0 Å². The molecule has 1 aliphatic rings. The molecule has 1 heterocycles. The molecule has 4 nitrogen and oxygen atoms in total. The van der Waals surface area contributed by atoms with Gasteiger partial charge < -0.3 is 5.73 Å². The summed E-state index contributed by atoms with van der Waals surface area (Å²) in [5.74, 6) is 0.137. The lowest BCUT2D eigenvalue weighted by Gasteiger charge is -2.10. The zero-order valence-electron chi connectivity index (χ0n) is 7.80. The molecule has 0 amide bonds. The van der Waals surface area contributed by atoms with Gasteiger partial charge in [-0.25, -0.2) is 0 Å². The van der Waals surface area contributed by atoms with Crippen LogP contribution in [0.4, 0.5) is 0 Å². The molecule has 1 aromatic rings. The summed E-state index contributed by atoms with van der Waals surface area (Å²) >= 11 is 0. The maximum Gasteiger partial charge on any atom is 0.141 e. The fourth-order valence-electron chi connectivity index (χ4n) is 2.02. The van der Waals surface area contributed by atoms with Crippen molar-refractivity contribution in [3.63, 3.8) is 0 Å². The third-order valence-corrected chi connectivity index (χ3v) is 2.57. The van der Waals surface area contributed by atoms with Crippen molar-refractivity contribution >= 4 is 5.84 Å². The molecule has 2 rings (SSSR count). The van der Waals surface area contributed by atoms with Crippen molar-refractivity contribution in [1.29, 1.82) is 5.41 Å². The predicted octanol–water partition coefficient (Wildman–Crippen LogP) is 0.583. The lowest BCUT2D eigenvalue weighted by Crippen LogP contribution is -2.18. The highest BCUT2D eigenvalue weighted by atomic mass is 15.3. The van der Waals surface area contributed by atoms with Crippen molar-refractivity contribution in [2.45, 2.75) is 25.7 Å². The molecule has 0 saturated carbocycles. The van der Waals surface area contributed by atoms with Gasteiger partial charge in [0.25, 0.3) is 0 Å². The van der Waals surface area contributed by atoms with Gasteiger partial charge in [0.1, 0.15) is 11.5 Å². The van der Waals surface area contributed by atoms with Gasteiger partial charge in [0.05, 0.1) is 5.69 Å². The Balaban J connectivity index is 2.54. The number of hydrogen-bond donors (Lipinski definition) is 2. The van der Waals surface area contributed by atoms with Crippen LogP contribution in [-0.4, -0.2) is 15.6 Å². The number of hydrogen-bond acceptors (Lipinski definition) is 2. The predicted molar refractivity (Wildman–Crippen MR) is 50.9 cm³/mol. The Bertz CT molecular complexity index is 351. The second-order valence-electron chi connectivity index (χ2n) is 3.52. The summed E-state index contributed by atoms with van der Waals surface area (Å²) in [5.41, 5.74) is 8.65. The first-order valence-corrected chi connectivity index (χ1v) is 4.59. The van der Waals surface area contributed by atoms with Crippen LogP contribution in [0.15, 0.2) is 0 Å². The van der Waals surface area contributed by atoms with E-state index in [1.807, 2.05) is 7.05 Å². The van der Waals surface area contributed by atoms with E-state index in [-0.39, 0.29) is 5.84 Å². The third kappa shape index (κ3) is 1.22. The zero-order chi connectivity index (χ0) is 9.42. The van der Waals surface area contributed by atoms with Crippen molar-refractivity contribution in [2.75, 3.05) is 0 Å². The molecule has 4 heteroatoms. The maximum atomic E-state index is 7.45. The van der Waals surface area contributed by atoms with Gasteiger partial charge in [0, 0.05) is 12.6 Å². The van der Waals surface area contributed by atoms with Gasteiger partial charge in [0.2, 0.25) is 0 Å². The standard InChI is InChI=1S/C9H14N4/c1-13-8(9(10)11)6-4-2-3-5-7(6)12-13/h2-5H2,1H3,(H3,10,11). The number of fused-ring (bicyclic) bond motifs is 1. The number of aromatic nitrogens is 2. The lowest BCUT2D eigenvalue weighted by molar-refractivity contribution is 0.664. The highest BCUT2D eigenvalue weighted by Gasteiger charge is 2.20. The molecule has 13 heavy (non-hydrogen) atoms. The molecule has 0 fully saturated rings. The molecule has 0 atom stereocenters. The number of nitrogens with two attached hydrogens (primary N) is 1. The minimum atomic E-state index is 0.137. The van der Waals surface area contributed by atoms with E-state index in [0.717, 1.165) is 24.2 Å². The van der Waals surface area contributed by atoms with Crippen LogP contribution in [0.25, 0.3) is 0 Å². The average molecular weight is 178 g/mol. The van der Waals surface area contributed by atoms with Gasteiger partial charge >= 0.3 is 0 Å². The first-order chi connectivity index (χ1) is 6.20. The van der Waals surface area contributed by atoms with Crippen molar-refractivity contribution in [1.82, 2.24) is 9.78 Å². The van der Waals surface area contributed by atoms with Crippen molar-refractivity contribution < 1.29 is 0 Å². The summed E-state index contributed by atoms with van der Waals surface area (Å²) in [6.45, 7) is 0. The Morgan fingerprint density at radius 2 is 2.15 bits per heavy atom. The SMILES string of the molecule is Cn1nc2c(c1C(=N)N)CCCC2. The van der Waals surface area contributed by atoms with Gasteiger partial charge in [-0.05, 0) is 25.7 Å². The quantitative estimate of drug-likeness (QED) is 0.488. The lowest BCUT2D eigenvalue weighted by atomic mass is 9.96. The largest absolute Gasteiger partial charge is 0.382 e. The summed E-state index contributed by atoms with van der Waals surface area (Å²) in [4.78, 5) is 0. The minimum absolute atomic E-state index is 0.137. The van der Waals surface area contributed by atoms with Gasteiger partial charge in [-0.3, -0.25) is 10.1 Å². The van der Waals surface area contributed by atoms with Gasteiger partial charge in [-0.2, -0.15) is 5.10 Å². The molecule has 0 saturated heterocycles. The Kier molecular flexibility index (Phi) is 1.83. The topological polar surface area (TPSA) is 67.7 Å². The highest BCUT2D eigenvalue weighted by molar-refractivity contribution is 5.95. The van der Waals surface area contributed by atoms with Crippen LogP contribution in [0.2, 0.25) is 0 Å². The number of aryl methyl sites for hydroxylation is 2. The maximum absolute atomic E-state index is 7.45. The second kappa shape index (κ2) is 2.87. The molecule has 0 radical (unpaired) electrons. The van der Waals surface area contributed by atoms with Crippen molar-refractivity contribution in [3.05, 3.63) is 17.0 Å². The Morgan fingerprint density at radius 3 is 2.85 bits per heavy atom. The van der Waals surface area contributed by atoms with E-state index >= 15 is 0 Å². The first kappa shape index (κ1) is 8.29. The Labute approximate surface area is 77.2 Å². The fourth-order valence-corrected chi connectivity index (χ4v) is 2.02. The van der Waals surface area contributed by atoms with E-state index in [1.54, 1.807) is 4.68 Å². The molecular formula is C9H14N4. The first-order valence-electron chi connectivity index (χ1n) is 4.59. The molecule has 0 unspecified atom stereocenters.